The van der Waals surface area contributed by atoms with E-state index in [4.69, 9.17) is 4.74 Å². The average Bonchev–Trinajstić information content (AvgIpc) is 2.24. The molecule has 0 aliphatic carbocycles. The van der Waals surface area contributed by atoms with Crippen LogP contribution in [0.5, 0.6) is 0 Å². The molecular weight excluding hydrogens is 246 g/mol. The van der Waals surface area contributed by atoms with Crippen LogP contribution in [0.3, 0.4) is 0 Å². The Bertz CT molecular complexity index is 309. The van der Waals surface area contributed by atoms with Gasteiger partial charge in [0.1, 0.15) is 5.78 Å². The van der Waals surface area contributed by atoms with Gasteiger partial charge in [-0.25, -0.2) is 0 Å². The fourth-order valence-electron chi connectivity index (χ4n) is 2.88. The molecule has 0 spiro atoms. The van der Waals surface area contributed by atoms with Gasteiger partial charge in [-0.2, -0.15) is 5.06 Å². The summed E-state index contributed by atoms with van der Waals surface area (Å²) in [5.41, 5.74) is -0.832. The maximum absolute atomic E-state index is 11.3. The molecule has 1 fully saturated rings. The zero-order valence-electron chi connectivity index (χ0n) is 12.6. The van der Waals surface area contributed by atoms with Crippen LogP contribution in [0.1, 0.15) is 60.3 Å². The van der Waals surface area contributed by atoms with E-state index in [1.165, 1.54) is 5.06 Å². The van der Waals surface area contributed by atoms with Crippen molar-refractivity contribution >= 4 is 5.78 Å². The Morgan fingerprint density at radius 1 is 1.32 bits per heavy atom. The van der Waals surface area contributed by atoms with Crippen molar-refractivity contribution in [1.82, 2.24) is 5.06 Å². The number of hydrogen-bond acceptors (Lipinski definition) is 5. The van der Waals surface area contributed by atoms with Crippen LogP contribution < -0.4 is 0 Å². The molecule has 1 saturated heterocycles. The number of aliphatic hydroxyl groups is 1. The zero-order chi connectivity index (χ0) is 14.8. The summed E-state index contributed by atoms with van der Waals surface area (Å²) in [6, 6.07) is 0. The highest BCUT2D eigenvalue weighted by atomic mass is 16.6. The number of ketones is 1. The van der Waals surface area contributed by atoms with Gasteiger partial charge in [0, 0.05) is 17.5 Å². The van der Waals surface area contributed by atoms with Crippen LogP contribution in [0.25, 0.3) is 0 Å². The average molecular weight is 273 g/mol. The smallest absolute Gasteiger partial charge is 0.161 e. The van der Waals surface area contributed by atoms with Gasteiger partial charge in [0.05, 0.1) is 12.5 Å². The third kappa shape index (κ3) is 4.24. The van der Waals surface area contributed by atoms with E-state index in [0.717, 1.165) is 0 Å². The van der Waals surface area contributed by atoms with E-state index in [1.54, 1.807) is 6.92 Å². The second kappa shape index (κ2) is 5.87. The second-order valence-corrected chi connectivity index (χ2v) is 6.65. The van der Waals surface area contributed by atoms with E-state index in [0.29, 0.717) is 19.3 Å². The van der Waals surface area contributed by atoms with Crippen molar-refractivity contribution < 1.29 is 19.8 Å². The molecule has 0 aromatic heterocycles. The van der Waals surface area contributed by atoms with Gasteiger partial charge in [0.15, 0.2) is 6.29 Å². The molecule has 0 bridgehead atoms. The summed E-state index contributed by atoms with van der Waals surface area (Å²) in [6.07, 6.45) is 0.472. The highest BCUT2D eigenvalue weighted by molar-refractivity contribution is 5.78. The molecule has 0 amide bonds. The quantitative estimate of drug-likeness (QED) is 0.751. The molecule has 0 radical (unpaired) electrons. The number of nitrogens with zero attached hydrogens (tertiary/aromatic N) is 1. The predicted molar refractivity (Wildman–Crippen MR) is 71.8 cm³/mol. The van der Waals surface area contributed by atoms with E-state index < -0.39 is 17.4 Å². The Kier molecular flexibility index (Phi) is 5.12. The fraction of sp³-hybridized carbons (Fsp3) is 0.929. The lowest BCUT2D eigenvalue weighted by Gasteiger charge is -2.51. The molecule has 19 heavy (non-hydrogen) atoms. The topological polar surface area (TPSA) is 70.0 Å². The number of aliphatic hydroxyl groups excluding tert-OH is 1. The van der Waals surface area contributed by atoms with Gasteiger partial charge in [0.25, 0.3) is 0 Å². The lowest BCUT2D eigenvalue weighted by molar-refractivity contribution is -0.273. The van der Waals surface area contributed by atoms with Gasteiger partial charge in [-0.1, -0.05) is 6.92 Å². The minimum Gasteiger partial charge on any atom is -0.368 e. The molecule has 5 heteroatoms. The van der Waals surface area contributed by atoms with Crippen molar-refractivity contribution in [2.75, 3.05) is 0 Å². The lowest BCUT2D eigenvalue weighted by Crippen LogP contribution is -2.60. The van der Waals surface area contributed by atoms with Crippen LogP contribution in [-0.4, -0.2) is 44.6 Å². The highest BCUT2D eigenvalue weighted by Crippen LogP contribution is 2.38. The van der Waals surface area contributed by atoms with E-state index in [9.17, 15) is 15.1 Å². The van der Waals surface area contributed by atoms with Crippen LogP contribution in [0.2, 0.25) is 0 Å². The normalized spacial score (nSPS) is 25.2. The monoisotopic (exact) mass is 273 g/mol. The summed E-state index contributed by atoms with van der Waals surface area (Å²) < 4.78 is 5.58. The van der Waals surface area contributed by atoms with Gasteiger partial charge in [-0.05, 0) is 40.5 Å². The summed E-state index contributed by atoms with van der Waals surface area (Å²) in [7, 11) is 0. The first-order chi connectivity index (χ1) is 8.58. The molecule has 0 aromatic carbocycles. The SMILES string of the molecule is CCC(=O)CC(O)OC1CC(C)(C)N(O)C(C)(C)C1. The number of carbonyl (C=O) groups excluding carboxylic acids is 1. The molecule has 1 aliphatic rings. The molecule has 0 aromatic rings. The number of carbonyl (C=O) groups is 1. The second-order valence-electron chi connectivity index (χ2n) is 6.65. The van der Waals surface area contributed by atoms with Crippen molar-refractivity contribution in [2.24, 2.45) is 0 Å². The first-order valence-corrected chi connectivity index (χ1v) is 6.93. The van der Waals surface area contributed by atoms with Crippen molar-refractivity contribution in [3.05, 3.63) is 0 Å². The number of rotatable bonds is 5. The summed E-state index contributed by atoms with van der Waals surface area (Å²) in [5.74, 6) is -0.00869. The number of Topliss-reactive ketones (excluding diaryl/α,β-unsaturated/α-hetero) is 1. The standard InChI is InChI=1S/C14H27NO4/c1-6-10(16)7-12(17)19-11-8-13(2,3)15(18)14(4,5)9-11/h11-12,17-18H,6-9H2,1-5H3. The summed E-state index contributed by atoms with van der Waals surface area (Å²) in [4.78, 5) is 11.3. The number of hydroxylamine groups is 2. The first kappa shape index (κ1) is 16.6. The first-order valence-electron chi connectivity index (χ1n) is 6.93. The molecule has 5 nitrogen and oxygen atoms in total. The largest absolute Gasteiger partial charge is 0.368 e. The van der Waals surface area contributed by atoms with Crippen LogP contribution >= 0.6 is 0 Å². The Morgan fingerprint density at radius 3 is 2.21 bits per heavy atom. The Balaban J connectivity index is 2.63. The minimum absolute atomic E-state index is 0.00869. The fourth-order valence-corrected chi connectivity index (χ4v) is 2.88. The Hall–Kier alpha value is -0.490. The van der Waals surface area contributed by atoms with Crippen LogP contribution in [0.4, 0.5) is 0 Å². The maximum Gasteiger partial charge on any atom is 0.161 e. The van der Waals surface area contributed by atoms with Crippen molar-refractivity contribution in [2.45, 2.75) is 83.8 Å². The van der Waals surface area contributed by atoms with Crippen molar-refractivity contribution in [3.8, 4) is 0 Å². The van der Waals surface area contributed by atoms with Gasteiger partial charge in [-0.3, -0.25) is 4.79 Å². The molecule has 0 saturated carbocycles. The van der Waals surface area contributed by atoms with E-state index in [-0.39, 0.29) is 18.3 Å². The van der Waals surface area contributed by atoms with Crippen molar-refractivity contribution in [3.63, 3.8) is 0 Å². The van der Waals surface area contributed by atoms with E-state index >= 15 is 0 Å². The number of hydrogen-bond donors (Lipinski definition) is 2. The molecular formula is C14H27NO4. The summed E-state index contributed by atoms with van der Waals surface area (Å²) in [5, 5.41) is 21.3. The summed E-state index contributed by atoms with van der Waals surface area (Å²) in [6.45, 7) is 9.52. The molecule has 1 heterocycles. The molecule has 1 aliphatic heterocycles. The molecule has 112 valence electrons. The maximum atomic E-state index is 11.3. The summed E-state index contributed by atoms with van der Waals surface area (Å²) >= 11 is 0. The Labute approximate surface area is 115 Å². The van der Waals surface area contributed by atoms with Crippen LogP contribution in [0.15, 0.2) is 0 Å². The molecule has 1 atom stereocenters. The van der Waals surface area contributed by atoms with Gasteiger partial charge in [-0.15, -0.1) is 0 Å². The van der Waals surface area contributed by atoms with Crippen LogP contribution in [-0.2, 0) is 9.53 Å². The Morgan fingerprint density at radius 2 is 1.79 bits per heavy atom. The van der Waals surface area contributed by atoms with E-state index in [1.807, 2.05) is 27.7 Å². The molecule has 1 rings (SSSR count). The third-order valence-corrected chi connectivity index (χ3v) is 3.75. The molecule has 2 N–H and O–H groups in total. The number of ether oxygens (including phenoxy) is 1. The van der Waals surface area contributed by atoms with Gasteiger partial charge in [0.2, 0.25) is 0 Å². The minimum atomic E-state index is -1.05. The molecule has 1 unspecified atom stereocenters. The van der Waals surface area contributed by atoms with Gasteiger partial charge >= 0.3 is 0 Å². The number of piperidine rings is 1. The lowest BCUT2D eigenvalue weighted by atomic mass is 9.80. The van der Waals surface area contributed by atoms with Crippen LogP contribution in [0, 0.1) is 0 Å². The third-order valence-electron chi connectivity index (χ3n) is 3.75. The highest BCUT2D eigenvalue weighted by Gasteiger charge is 2.45. The zero-order valence-corrected chi connectivity index (χ0v) is 12.6. The van der Waals surface area contributed by atoms with Crippen molar-refractivity contribution in [1.29, 1.82) is 0 Å². The van der Waals surface area contributed by atoms with E-state index in [2.05, 4.69) is 0 Å². The predicted octanol–water partition coefficient (Wildman–Crippen LogP) is 2.10. The van der Waals surface area contributed by atoms with Gasteiger partial charge < -0.3 is 15.1 Å².